The first-order valence-corrected chi connectivity index (χ1v) is 6.89. The number of benzene rings is 1. The van der Waals surface area contributed by atoms with Crippen molar-refractivity contribution in [2.45, 2.75) is 6.42 Å². The van der Waals surface area contributed by atoms with Crippen molar-refractivity contribution >= 4 is 5.91 Å². The van der Waals surface area contributed by atoms with Gasteiger partial charge < -0.3 is 15.2 Å². The molecule has 0 saturated heterocycles. The summed E-state index contributed by atoms with van der Waals surface area (Å²) >= 11 is 0. The summed E-state index contributed by atoms with van der Waals surface area (Å²) < 4.78 is 5.11. The molecule has 112 valence electrons. The molecule has 0 bridgehead atoms. The van der Waals surface area contributed by atoms with Crippen molar-refractivity contribution < 1.29 is 14.6 Å². The minimum Gasteiger partial charge on any atom is -0.394 e. The maximum Gasteiger partial charge on any atom is 0.269 e. The second-order valence-corrected chi connectivity index (χ2v) is 4.48. The van der Waals surface area contributed by atoms with Gasteiger partial charge >= 0.3 is 0 Å². The highest BCUT2D eigenvalue weighted by atomic mass is 16.5. The molecule has 1 aromatic carbocycles. The van der Waals surface area contributed by atoms with Gasteiger partial charge in [0.15, 0.2) is 0 Å². The van der Waals surface area contributed by atoms with Gasteiger partial charge in [0.2, 0.25) is 0 Å². The summed E-state index contributed by atoms with van der Waals surface area (Å²) in [5, 5.41) is 18.2. The van der Waals surface area contributed by atoms with Crippen molar-refractivity contribution in [3.8, 4) is 11.3 Å². The maximum absolute atomic E-state index is 11.9. The average molecular weight is 289 g/mol. The normalized spacial score (nSPS) is 10.5. The first-order valence-electron chi connectivity index (χ1n) is 6.89. The fourth-order valence-electron chi connectivity index (χ4n) is 1.83. The third kappa shape index (κ3) is 4.70. The lowest BCUT2D eigenvalue weighted by Gasteiger charge is -2.03. The van der Waals surface area contributed by atoms with E-state index in [1.54, 1.807) is 6.07 Å². The van der Waals surface area contributed by atoms with Crippen LogP contribution >= 0.6 is 0 Å². The van der Waals surface area contributed by atoms with Crippen LogP contribution in [0.4, 0.5) is 0 Å². The molecule has 0 saturated carbocycles. The number of aliphatic hydroxyl groups is 1. The highest BCUT2D eigenvalue weighted by Gasteiger charge is 2.10. The topological polar surface area (TPSA) is 87.2 Å². The Morgan fingerprint density at radius 1 is 1.29 bits per heavy atom. The van der Waals surface area contributed by atoms with E-state index in [9.17, 15) is 4.79 Å². The molecule has 0 spiro atoms. The van der Waals surface area contributed by atoms with Crippen LogP contribution < -0.4 is 5.32 Å². The summed E-state index contributed by atoms with van der Waals surface area (Å²) in [5.41, 5.74) is 2.14. The number of H-pyrrole nitrogens is 1. The molecular weight excluding hydrogens is 270 g/mol. The maximum atomic E-state index is 11.9. The summed E-state index contributed by atoms with van der Waals surface area (Å²) in [5.74, 6) is -0.188. The first-order chi connectivity index (χ1) is 10.3. The minimum absolute atomic E-state index is 0.0166. The monoisotopic (exact) mass is 289 g/mol. The van der Waals surface area contributed by atoms with E-state index in [4.69, 9.17) is 9.84 Å². The largest absolute Gasteiger partial charge is 0.394 e. The second kappa shape index (κ2) is 8.18. The van der Waals surface area contributed by atoms with Crippen LogP contribution in [0, 0.1) is 0 Å². The highest BCUT2D eigenvalue weighted by molar-refractivity contribution is 5.93. The Bertz CT molecular complexity index is 554. The van der Waals surface area contributed by atoms with E-state index in [-0.39, 0.29) is 12.5 Å². The molecule has 0 atom stereocenters. The summed E-state index contributed by atoms with van der Waals surface area (Å²) in [7, 11) is 0. The summed E-state index contributed by atoms with van der Waals surface area (Å²) in [6.45, 7) is 1.38. The van der Waals surface area contributed by atoms with E-state index < -0.39 is 0 Å². The van der Waals surface area contributed by atoms with E-state index in [0.29, 0.717) is 31.9 Å². The fourth-order valence-corrected chi connectivity index (χ4v) is 1.83. The van der Waals surface area contributed by atoms with E-state index in [0.717, 1.165) is 11.3 Å². The van der Waals surface area contributed by atoms with Gasteiger partial charge in [0.05, 0.1) is 18.9 Å². The van der Waals surface area contributed by atoms with Gasteiger partial charge in [-0.05, 0) is 12.5 Å². The molecule has 2 aromatic rings. The fraction of sp³-hybridized carbons (Fsp3) is 0.333. The quantitative estimate of drug-likeness (QED) is 0.637. The third-order valence-electron chi connectivity index (χ3n) is 2.88. The zero-order valence-corrected chi connectivity index (χ0v) is 11.7. The van der Waals surface area contributed by atoms with Gasteiger partial charge in [-0.25, -0.2) is 0 Å². The number of hydrogen-bond donors (Lipinski definition) is 3. The van der Waals surface area contributed by atoms with Crippen molar-refractivity contribution in [1.29, 1.82) is 0 Å². The van der Waals surface area contributed by atoms with Gasteiger partial charge in [-0.3, -0.25) is 9.89 Å². The number of amides is 1. The highest BCUT2D eigenvalue weighted by Crippen LogP contribution is 2.16. The number of aliphatic hydroxyl groups excluding tert-OH is 1. The number of hydrogen-bond acceptors (Lipinski definition) is 4. The van der Waals surface area contributed by atoms with Crippen LogP contribution in [0.1, 0.15) is 16.9 Å². The number of nitrogens with one attached hydrogen (secondary N) is 2. The van der Waals surface area contributed by atoms with Gasteiger partial charge in [0.25, 0.3) is 5.91 Å². The van der Waals surface area contributed by atoms with Gasteiger partial charge in [0, 0.05) is 18.7 Å². The predicted molar refractivity (Wildman–Crippen MR) is 78.9 cm³/mol. The smallest absolute Gasteiger partial charge is 0.269 e. The molecule has 21 heavy (non-hydrogen) atoms. The van der Waals surface area contributed by atoms with E-state index >= 15 is 0 Å². The number of ether oxygens (including phenoxy) is 1. The lowest BCUT2D eigenvalue weighted by molar-refractivity contribution is 0.0865. The first kappa shape index (κ1) is 15.2. The van der Waals surface area contributed by atoms with Crippen LogP contribution in [-0.2, 0) is 4.74 Å². The number of rotatable bonds is 8. The van der Waals surface area contributed by atoms with Gasteiger partial charge in [0.1, 0.15) is 5.69 Å². The molecule has 0 aliphatic carbocycles. The molecule has 6 nitrogen and oxygen atoms in total. The summed E-state index contributed by atoms with van der Waals surface area (Å²) in [6, 6.07) is 11.4. The molecule has 0 radical (unpaired) electrons. The molecule has 0 aliphatic heterocycles. The number of carbonyl (C=O) groups is 1. The van der Waals surface area contributed by atoms with Gasteiger partial charge in [-0.15, -0.1) is 0 Å². The Morgan fingerprint density at radius 3 is 2.86 bits per heavy atom. The van der Waals surface area contributed by atoms with Gasteiger partial charge in [-0.2, -0.15) is 5.10 Å². The van der Waals surface area contributed by atoms with Crippen LogP contribution in [-0.4, -0.2) is 47.6 Å². The number of carbonyl (C=O) groups excluding carboxylic acids is 1. The number of aromatic nitrogens is 2. The molecule has 1 heterocycles. The number of aromatic amines is 1. The van der Waals surface area contributed by atoms with Crippen LogP contribution in [0.2, 0.25) is 0 Å². The van der Waals surface area contributed by atoms with E-state index in [1.807, 2.05) is 30.3 Å². The SMILES string of the molecule is O=C(NCCCOCCO)c1cc(-c2ccccc2)n[nH]1. The molecular formula is C15H19N3O3. The Labute approximate surface area is 123 Å². The average Bonchev–Trinajstić information content (AvgIpc) is 3.01. The van der Waals surface area contributed by atoms with Crippen molar-refractivity contribution in [3.63, 3.8) is 0 Å². The zero-order chi connectivity index (χ0) is 14.9. The van der Waals surface area contributed by atoms with E-state index in [1.165, 1.54) is 0 Å². The van der Waals surface area contributed by atoms with Crippen molar-refractivity contribution in [1.82, 2.24) is 15.5 Å². The van der Waals surface area contributed by atoms with Crippen LogP contribution in [0.25, 0.3) is 11.3 Å². The molecule has 3 N–H and O–H groups in total. The Balaban J connectivity index is 1.80. The molecule has 2 rings (SSSR count). The lowest BCUT2D eigenvalue weighted by Crippen LogP contribution is -2.25. The number of nitrogens with zero attached hydrogens (tertiary/aromatic N) is 1. The molecule has 1 aromatic heterocycles. The Hall–Kier alpha value is -2.18. The molecule has 0 aliphatic rings. The van der Waals surface area contributed by atoms with Crippen molar-refractivity contribution in [2.24, 2.45) is 0 Å². The third-order valence-corrected chi connectivity index (χ3v) is 2.88. The van der Waals surface area contributed by atoms with Crippen LogP contribution in [0.5, 0.6) is 0 Å². The Kier molecular flexibility index (Phi) is 5.93. The lowest BCUT2D eigenvalue weighted by atomic mass is 10.1. The zero-order valence-electron chi connectivity index (χ0n) is 11.7. The molecule has 6 heteroatoms. The van der Waals surface area contributed by atoms with E-state index in [2.05, 4.69) is 15.5 Å². The standard InChI is InChI=1S/C15H19N3O3/c19-8-10-21-9-4-7-16-15(20)14-11-13(17-18-14)12-5-2-1-3-6-12/h1-3,5-6,11,19H,4,7-10H2,(H,16,20)(H,17,18). The van der Waals surface area contributed by atoms with Crippen LogP contribution in [0.3, 0.4) is 0 Å². The Morgan fingerprint density at radius 2 is 2.10 bits per heavy atom. The van der Waals surface area contributed by atoms with Crippen molar-refractivity contribution in [2.75, 3.05) is 26.4 Å². The second-order valence-electron chi connectivity index (χ2n) is 4.48. The summed E-state index contributed by atoms with van der Waals surface area (Å²) in [6.07, 6.45) is 0.700. The minimum atomic E-state index is -0.188. The van der Waals surface area contributed by atoms with Crippen molar-refractivity contribution in [3.05, 3.63) is 42.1 Å². The molecule has 0 fully saturated rings. The van der Waals surface area contributed by atoms with Gasteiger partial charge in [-0.1, -0.05) is 30.3 Å². The predicted octanol–water partition coefficient (Wildman–Crippen LogP) is 1.21. The van der Waals surface area contributed by atoms with Crippen LogP contribution in [0.15, 0.2) is 36.4 Å². The molecule has 1 amide bonds. The summed E-state index contributed by atoms with van der Waals surface area (Å²) in [4.78, 5) is 11.9. The molecule has 0 unspecified atom stereocenters.